The molecule has 0 saturated heterocycles. The van der Waals surface area contributed by atoms with Crippen LogP contribution in [0.3, 0.4) is 0 Å². The number of aromatic nitrogens is 3. The van der Waals surface area contributed by atoms with E-state index in [1.165, 1.54) is 18.9 Å². The molecule has 0 spiro atoms. The van der Waals surface area contributed by atoms with E-state index in [2.05, 4.69) is 20.0 Å². The largest absolute Gasteiger partial charge is 0.466 e. The van der Waals surface area contributed by atoms with Crippen molar-refractivity contribution in [3.05, 3.63) is 16.7 Å². The fraction of sp³-hybridized carbons (Fsp3) is 0.300. The first kappa shape index (κ1) is 13.8. The standard InChI is InChI=1S/C10H10N4O3S2/c1-14-10(18-3)7(12-13-14)9-11-8(16)5(19-9)4-6(15)17-2/h4H,1-3H3/b5-4-. The monoisotopic (exact) mass is 298 g/mol. The predicted octanol–water partition coefficient (Wildman–Crippen LogP) is 0.614. The lowest BCUT2D eigenvalue weighted by atomic mass is 10.4. The average molecular weight is 298 g/mol. The molecule has 0 N–H and O–H groups in total. The number of amides is 1. The number of ether oxygens (including phenoxy) is 1. The van der Waals surface area contributed by atoms with Crippen molar-refractivity contribution in [1.29, 1.82) is 0 Å². The first-order valence-corrected chi connectivity index (χ1v) is 7.15. The number of thioether (sulfide) groups is 2. The quantitative estimate of drug-likeness (QED) is 0.459. The molecule has 9 heteroatoms. The van der Waals surface area contributed by atoms with Gasteiger partial charge in [-0.25, -0.2) is 9.48 Å². The molecule has 0 bridgehead atoms. The van der Waals surface area contributed by atoms with Crippen molar-refractivity contribution < 1.29 is 14.3 Å². The zero-order valence-electron chi connectivity index (χ0n) is 10.4. The minimum absolute atomic E-state index is 0.222. The lowest BCUT2D eigenvalue weighted by Crippen LogP contribution is -1.98. The Kier molecular flexibility index (Phi) is 4.05. The van der Waals surface area contributed by atoms with Crippen molar-refractivity contribution in [1.82, 2.24) is 15.0 Å². The number of aliphatic imine (C=N–C) groups is 1. The molecule has 19 heavy (non-hydrogen) atoms. The van der Waals surface area contributed by atoms with Gasteiger partial charge in [-0.05, 0) is 6.26 Å². The molecule has 1 aromatic heterocycles. The first-order valence-electron chi connectivity index (χ1n) is 5.11. The number of carbonyl (C=O) groups is 2. The van der Waals surface area contributed by atoms with E-state index in [1.54, 1.807) is 11.7 Å². The van der Waals surface area contributed by atoms with Crippen molar-refractivity contribution >= 4 is 40.4 Å². The van der Waals surface area contributed by atoms with Gasteiger partial charge in [0.25, 0.3) is 5.91 Å². The van der Waals surface area contributed by atoms with Crippen LogP contribution < -0.4 is 0 Å². The maximum atomic E-state index is 11.7. The molecule has 0 saturated carbocycles. The minimum atomic E-state index is -0.587. The number of methoxy groups -OCH3 is 1. The lowest BCUT2D eigenvalue weighted by Gasteiger charge is -1.98. The topological polar surface area (TPSA) is 86.4 Å². The molecule has 0 radical (unpaired) electrons. The normalized spacial score (nSPS) is 16.9. The molecule has 0 unspecified atom stereocenters. The van der Waals surface area contributed by atoms with Crippen LogP contribution in [-0.4, -0.2) is 45.3 Å². The van der Waals surface area contributed by atoms with Crippen molar-refractivity contribution in [2.45, 2.75) is 5.03 Å². The van der Waals surface area contributed by atoms with Gasteiger partial charge in [0.05, 0.1) is 12.0 Å². The van der Waals surface area contributed by atoms with E-state index in [4.69, 9.17) is 0 Å². The molecular formula is C10H10N4O3S2. The van der Waals surface area contributed by atoms with Crippen LogP contribution in [0.1, 0.15) is 5.69 Å². The van der Waals surface area contributed by atoms with Crippen LogP contribution in [0, 0.1) is 0 Å². The molecule has 2 rings (SSSR count). The molecular weight excluding hydrogens is 288 g/mol. The van der Waals surface area contributed by atoms with Gasteiger partial charge in [-0.2, -0.15) is 4.99 Å². The van der Waals surface area contributed by atoms with E-state index < -0.39 is 11.9 Å². The third kappa shape index (κ3) is 2.71. The minimum Gasteiger partial charge on any atom is -0.466 e. The van der Waals surface area contributed by atoms with Gasteiger partial charge in [-0.3, -0.25) is 4.79 Å². The van der Waals surface area contributed by atoms with E-state index in [0.717, 1.165) is 22.9 Å². The summed E-state index contributed by atoms with van der Waals surface area (Å²) in [6.07, 6.45) is 3.01. The zero-order chi connectivity index (χ0) is 14.0. The SMILES string of the molecule is COC(=O)/C=C1\SC(c2nnn(C)c2SC)=NC1=O. The number of rotatable bonds is 3. The number of aryl methyl sites for hydroxylation is 1. The highest BCUT2D eigenvalue weighted by atomic mass is 32.2. The molecule has 1 amide bonds. The number of hydrogen-bond acceptors (Lipinski definition) is 7. The Morgan fingerprint density at radius 3 is 2.89 bits per heavy atom. The molecule has 1 aromatic rings. The summed E-state index contributed by atoms with van der Waals surface area (Å²) in [7, 11) is 3.01. The van der Waals surface area contributed by atoms with Gasteiger partial charge in [0.1, 0.15) is 10.1 Å². The molecule has 100 valence electrons. The second kappa shape index (κ2) is 5.57. The average Bonchev–Trinajstić information content (AvgIpc) is 2.93. The van der Waals surface area contributed by atoms with Gasteiger partial charge in [0.15, 0.2) is 5.69 Å². The molecule has 0 aliphatic carbocycles. The summed E-state index contributed by atoms with van der Waals surface area (Å²) in [6, 6.07) is 0. The smallest absolute Gasteiger partial charge is 0.331 e. The maximum absolute atomic E-state index is 11.7. The summed E-state index contributed by atoms with van der Waals surface area (Å²) >= 11 is 2.55. The number of carbonyl (C=O) groups excluding carboxylic acids is 2. The zero-order valence-corrected chi connectivity index (χ0v) is 12.0. The fourth-order valence-corrected chi connectivity index (χ4v) is 2.94. The van der Waals surface area contributed by atoms with Gasteiger partial charge in [-0.1, -0.05) is 17.0 Å². The Bertz CT molecular complexity index is 606. The van der Waals surface area contributed by atoms with E-state index in [9.17, 15) is 9.59 Å². The van der Waals surface area contributed by atoms with Crippen LogP contribution in [0.2, 0.25) is 0 Å². The second-order valence-corrected chi connectivity index (χ2v) is 5.25. The summed E-state index contributed by atoms with van der Waals surface area (Å²) in [4.78, 5) is 26.9. The van der Waals surface area contributed by atoms with Crippen molar-refractivity contribution in [2.24, 2.45) is 12.0 Å². The van der Waals surface area contributed by atoms with Gasteiger partial charge < -0.3 is 4.74 Å². The molecule has 0 atom stereocenters. The molecule has 2 heterocycles. The highest BCUT2D eigenvalue weighted by Gasteiger charge is 2.28. The third-order valence-electron chi connectivity index (χ3n) is 2.24. The van der Waals surface area contributed by atoms with Crippen LogP contribution in [0.15, 0.2) is 21.0 Å². The van der Waals surface area contributed by atoms with Gasteiger partial charge in [0.2, 0.25) is 0 Å². The summed E-state index contributed by atoms with van der Waals surface area (Å²) in [5, 5.41) is 9.12. The fourth-order valence-electron chi connectivity index (χ4n) is 1.39. The van der Waals surface area contributed by atoms with Crippen molar-refractivity contribution in [3.63, 3.8) is 0 Å². The highest BCUT2D eigenvalue weighted by Crippen LogP contribution is 2.32. The summed E-state index contributed by atoms with van der Waals surface area (Å²) in [5.74, 6) is -1.06. The third-order valence-corrected chi connectivity index (χ3v) is 4.08. The van der Waals surface area contributed by atoms with E-state index in [1.807, 2.05) is 6.26 Å². The van der Waals surface area contributed by atoms with Gasteiger partial charge in [-0.15, -0.1) is 16.9 Å². The van der Waals surface area contributed by atoms with Crippen molar-refractivity contribution in [3.8, 4) is 0 Å². The van der Waals surface area contributed by atoms with Crippen LogP contribution in [-0.2, 0) is 21.4 Å². The van der Waals surface area contributed by atoms with E-state index >= 15 is 0 Å². The molecule has 0 aromatic carbocycles. The number of esters is 1. The molecule has 7 nitrogen and oxygen atoms in total. The van der Waals surface area contributed by atoms with Gasteiger partial charge >= 0.3 is 5.97 Å². The number of hydrogen-bond donors (Lipinski definition) is 0. The molecule has 0 fully saturated rings. The van der Waals surface area contributed by atoms with Crippen LogP contribution in [0.4, 0.5) is 0 Å². The Balaban J connectivity index is 2.30. The Morgan fingerprint density at radius 2 is 2.26 bits per heavy atom. The highest BCUT2D eigenvalue weighted by molar-refractivity contribution is 8.19. The van der Waals surface area contributed by atoms with E-state index in [0.29, 0.717) is 10.7 Å². The van der Waals surface area contributed by atoms with E-state index in [-0.39, 0.29) is 4.91 Å². The summed E-state index contributed by atoms with van der Waals surface area (Å²) < 4.78 is 6.09. The van der Waals surface area contributed by atoms with Crippen LogP contribution in [0.25, 0.3) is 0 Å². The Hall–Kier alpha value is -1.61. The van der Waals surface area contributed by atoms with Gasteiger partial charge in [0, 0.05) is 13.1 Å². The summed E-state index contributed by atoms with van der Waals surface area (Å²) in [6.45, 7) is 0. The molecule has 1 aliphatic heterocycles. The van der Waals surface area contributed by atoms with Crippen molar-refractivity contribution in [2.75, 3.05) is 13.4 Å². The second-order valence-electron chi connectivity index (χ2n) is 3.43. The Morgan fingerprint density at radius 1 is 1.53 bits per heavy atom. The predicted molar refractivity (Wildman–Crippen MR) is 72.0 cm³/mol. The Labute approximate surface area is 117 Å². The first-order chi connectivity index (χ1) is 9.06. The summed E-state index contributed by atoms with van der Waals surface area (Å²) in [5.41, 5.74) is 0.543. The maximum Gasteiger partial charge on any atom is 0.331 e. The van der Waals surface area contributed by atoms with Crippen LogP contribution >= 0.6 is 23.5 Å². The number of nitrogens with zero attached hydrogens (tertiary/aromatic N) is 4. The van der Waals surface area contributed by atoms with Crippen LogP contribution in [0.5, 0.6) is 0 Å². The molecule has 1 aliphatic rings. The lowest BCUT2D eigenvalue weighted by molar-refractivity contribution is -0.135.